The van der Waals surface area contributed by atoms with Crippen LogP contribution in [0.25, 0.3) is 0 Å². The quantitative estimate of drug-likeness (QED) is 0.889. The number of hydrogen-bond acceptors (Lipinski definition) is 3. The number of carbonyl (C=O) groups is 1. The normalized spacial score (nSPS) is 20.8. The molecule has 2 saturated heterocycles. The van der Waals surface area contributed by atoms with E-state index in [0.717, 1.165) is 42.8 Å². The molecule has 0 bridgehead atoms. The number of benzene rings is 1. The highest BCUT2D eigenvalue weighted by molar-refractivity contribution is 9.10. The first-order chi connectivity index (χ1) is 10.1. The highest BCUT2D eigenvalue weighted by atomic mass is 79.9. The summed E-state index contributed by atoms with van der Waals surface area (Å²) >= 11 is 3.48. The average Bonchev–Trinajstić information content (AvgIpc) is 2.91. The molecule has 0 aliphatic carbocycles. The van der Waals surface area contributed by atoms with Crippen molar-refractivity contribution in [3.8, 4) is 5.75 Å². The molecular formula is C16H21BrN2O2. The first kappa shape index (κ1) is 14.9. The predicted octanol–water partition coefficient (Wildman–Crippen LogP) is 2.67. The standard InChI is InChI=1S/C16H21BrN2O2/c1-21-12-2-3-14(17)13(10-12)15(20)19-9-6-16(11-19)4-7-18-8-5-16/h2-3,10,18H,4-9,11H2,1H3. The number of halogens is 1. The van der Waals surface area contributed by atoms with Gasteiger partial charge in [-0.1, -0.05) is 0 Å². The summed E-state index contributed by atoms with van der Waals surface area (Å²) in [5.74, 6) is 0.827. The second-order valence-corrected chi connectivity index (χ2v) is 6.93. The van der Waals surface area contributed by atoms with E-state index >= 15 is 0 Å². The third kappa shape index (κ3) is 2.94. The van der Waals surface area contributed by atoms with Crippen molar-refractivity contribution in [2.45, 2.75) is 19.3 Å². The number of rotatable bonds is 2. The summed E-state index contributed by atoms with van der Waals surface area (Å²) in [4.78, 5) is 14.8. The molecule has 3 rings (SSSR count). The Morgan fingerprint density at radius 1 is 1.33 bits per heavy atom. The molecule has 1 amide bonds. The van der Waals surface area contributed by atoms with Gasteiger partial charge in [0.25, 0.3) is 5.91 Å². The number of piperidine rings is 1. The Morgan fingerprint density at radius 2 is 2.10 bits per heavy atom. The van der Waals surface area contributed by atoms with Crippen molar-refractivity contribution >= 4 is 21.8 Å². The Kier molecular flexibility index (Phi) is 4.22. The van der Waals surface area contributed by atoms with Gasteiger partial charge >= 0.3 is 0 Å². The first-order valence-corrected chi connectivity index (χ1v) is 8.26. The van der Waals surface area contributed by atoms with E-state index in [2.05, 4.69) is 21.2 Å². The van der Waals surface area contributed by atoms with Crippen molar-refractivity contribution in [3.05, 3.63) is 28.2 Å². The van der Waals surface area contributed by atoms with Crippen molar-refractivity contribution in [1.29, 1.82) is 0 Å². The molecule has 114 valence electrons. The second-order valence-electron chi connectivity index (χ2n) is 6.07. The summed E-state index contributed by atoms with van der Waals surface area (Å²) in [5.41, 5.74) is 1.03. The summed E-state index contributed by atoms with van der Waals surface area (Å²) in [6, 6.07) is 5.56. The maximum Gasteiger partial charge on any atom is 0.255 e. The molecule has 5 heteroatoms. The van der Waals surface area contributed by atoms with Crippen LogP contribution in [0.4, 0.5) is 0 Å². The van der Waals surface area contributed by atoms with Crippen LogP contribution >= 0.6 is 15.9 Å². The van der Waals surface area contributed by atoms with E-state index in [-0.39, 0.29) is 5.91 Å². The highest BCUT2D eigenvalue weighted by Gasteiger charge is 2.40. The molecule has 2 aliphatic heterocycles. The van der Waals surface area contributed by atoms with Crippen LogP contribution in [0.1, 0.15) is 29.6 Å². The third-order valence-electron chi connectivity index (χ3n) is 4.79. The number of amides is 1. The average molecular weight is 353 g/mol. The lowest BCUT2D eigenvalue weighted by Crippen LogP contribution is -2.39. The maximum atomic E-state index is 12.8. The highest BCUT2D eigenvalue weighted by Crippen LogP contribution is 2.39. The zero-order valence-electron chi connectivity index (χ0n) is 12.3. The van der Waals surface area contributed by atoms with Crippen LogP contribution in [0.3, 0.4) is 0 Å². The lowest BCUT2D eigenvalue weighted by molar-refractivity contribution is 0.0760. The molecule has 4 nitrogen and oxygen atoms in total. The zero-order valence-corrected chi connectivity index (χ0v) is 13.9. The molecule has 2 fully saturated rings. The SMILES string of the molecule is COc1ccc(Br)c(C(=O)N2CCC3(CCNCC3)C2)c1. The Morgan fingerprint density at radius 3 is 2.81 bits per heavy atom. The molecule has 1 aromatic carbocycles. The van der Waals surface area contributed by atoms with Crippen LogP contribution in [0, 0.1) is 5.41 Å². The Hall–Kier alpha value is -1.07. The molecule has 0 unspecified atom stereocenters. The van der Waals surface area contributed by atoms with Crippen molar-refractivity contribution in [1.82, 2.24) is 10.2 Å². The smallest absolute Gasteiger partial charge is 0.255 e. The van der Waals surface area contributed by atoms with Gasteiger partial charge in [-0.25, -0.2) is 0 Å². The number of methoxy groups -OCH3 is 1. The van der Waals surface area contributed by atoms with Crippen molar-refractivity contribution in [3.63, 3.8) is 0 Å². The number of carbonyl (C=O) groups excluding carboxylic acids is 1. The largest absolute Gasteiger partial charge is 0.497 e. The number of ether oxygens (including phenoxy) is 1. The lowest BCUT2D eigenvalue weighted by atomic mass is 9.78. The fraction of sp³-hybridized carbons (Fsp3) is 0.562. The molecule has 1 aromatic rings. The van der Waals surface area contributed by atoms with Gasteiger partial charge in [-0.05, 0) is 71.9 Å². The fourth-order valence-electron chi connectivity index (χ4n) is 3.44. The van der Waals surface area contributed by atoms with Gasteiger partial charge in [-0.2, -0.15) is 0 Å². The minimum absolute atomic E-state index is 0.108. The van der Waals surface area contributed by atoms with Crippen LogP contribution in [0.2, 0.25) is 0 Å². The molecule has 21 heavy (non-hydrogen) atoms. The van der Waals surface area contributed by atoms with E-state index in [0.29, 0.717) is 11.0 Å². The van der Waals surface area contributed by atoms with E-state index < -0.39 is 0 Å². The summed E-state index contributed by atoms with van der Waals surface area (Å²) < 4.78 is 6.07. The lowest BCUT2D eigenvalue weighted by Gasteiger charge is -2.33. The van der Waals surface area contributed by atoms with E-state index in [1.165, 1.54) is 12.8 Å². The van der Waals surface area contributed by atoms with Gasteiger partial charge in [0.2, 0.25) is 0 Å². The van der Waals surface area contributed by atoms with Crippen LogP contribution in [0.5, 0.6) is 5.75 Å². The summed E-state index contributed by atoms with van der Waals surface area (Å²) in [5, 5.41) is 3.41. The summed E-state index contributed by atoms with van der Waals surface area (Å²) in [6.45, 7) is 3.90. The summed E-state index contributed by atoms with van der Waals surface area (Å²) in [7, 11) is 1.62. The van der Waals surface area contributed by atoms with Crippen LogP contribution in [-0.4, -0.2) is 44.1 Å². The minimum Gasteiger partial charge on any atom is -0.497 e. The zero-order chi connectivity index (χ0) is 14.9. The molecule has 1 N–H and O–H groups in total. The maximum absolute atomic E-state index is 12.8. The molecule has 2 aliphatic rings. The van der Waals surface area contributed by atoms with Gasteiger partial charge in [0.05, 0.1) is 12.7 Å². The van der Waals surface area contributed by atoms with Crippen molar-refractivity contribution in [2.75, 3.05) is 33.3 Å². The summed E-state index contributed by atoms with van der Waals surface area (Å²) in [6.07, 6.45) is 3.48. The molecule has 0 radical (unpaired) electrons. The number of likely N-dealkylation sites (tertiary alicyclic amines) is 1. The van der Waals surface area contributed by atoms with Crippen molar-refractivity contribution < 1.29 is 9.53 Å². The molecule has 0 aromatic heterocycles. The van der Waals surface area contributed by atoms with E-state index in [4.69, 9.17) is 4.74 Å². The Labute approximate surface area is 134 Å². The molecule has 1 spiro atoms. The number of hydrogen-bond donors (Lipinski definition) is 1. The van der Waals surface area contributed by atoms with E-state index in [9.17, 15) is 4.79 Å². The molecule has 0 atom stereocenters. The van der Waals surface area contributed by atoms with Gasteiger partial charge in [0, 0.05) is 17.6 Å². The Balaban J connectivity index is 1.77. The second kappa shape index (κ2) is 5.97. The topological polar surface area (TPSA) is 41.6 Å². The fourth-order valence-corrected chi connectivity index (χ4v) is 3.86. The monoisotopic (exact) mass is 352 g/mol. The van der Waals surface area contributed by atoms with Gasteiger partial charge in [0.1, 0.15) is 5.75 Å². The first-order valence-electron chi connectivity index (χ1n) is 7.47. The van der Waals surface area contributed by atoms with Gasteiger partial charge < -0.3 is 15.0 Å². The van der Waals surface area contributed by atoms with Crippen LogP contribution < -0.4 is 10.1 Å². The number of nitrogens with zero attached hydrogens (tertiary/aromatic N) is 1. The third-order valence-corrected chi connectivity index (χ3v) is 5.49. The van der Waals surface area contributed by atoms with E-state index in [1.54, 1.807) is 7.11 Å². The number of nitrogens with one attached hydrogen (secondary N) is 1. The van der Waals surface area contributed by atoms with E-state index in [1.807, 2.05) is 23.1 Å². The van der Waals surface area contributed by atoms with Gasteiger partial charge in [-0.3, -0.25) is 4.79 Å². The van der Waals surface area contributed by atoms with Gasteiger partial charge in [-0.15, -0.1) is 0 Å². The van der Waals surface area contributed by atoms with Crippen LogP contribution in [0.15, 0.2) is 22.7 Å². The van der Waals surface area contributed by atoms with Crippen molar-refractivity contribution in [2.24, 2.45) is 5.41 Å². The molecular weight excluding hydrogens is 332 g/mol. The molecule has 2 heterocycles. The minimum atomic E-state index is 0.108. The predicted molar refractivity (Wildman–Crippen MR) is 85.8 cm³/mol. The Bertz CT molecular complexity index is 541. The van der Waals surface area contributed by atoms with Gasteiger partial charge in [0.15, 0.2) is 0 Å². The molecule has 0 saturated carbocycles. The van der Waals surface area contributed by atoms with Crippen LogP contribution in [-0.2, 0) is 0 Å².